The maximum absolute atomic E-state index is 13.4. The molecule has 36 heavy (non-hydrogen) atoms. The van der Waals surface area contributed by atoms with E-state index in [4.69, 9.17) is 4.74 Å². The van der Waals surface area contributed by atoms with Crippen molar-refractivity contribution in [2.75, 3.05) is 24.5 Å². The minimum Gasteiger partial charge on any atom is -0.477 e. The van der Waals surface area contributed by atoms with E-state index in [0.717, 1.165) is 34.1 Å². The van der Waals surface area contributed by atoms with E-state index in [0.29, 0.717) is 18.0 Å². The van der Waals surface area contributed by atoms with E-state index in [-0.39, 0.29) is 18.0 Å². The SMILES string of the molecule is CCN(CC(=O)N1C[C@H](C(=O)NCc2ccccc2)Oc2ccccc21)S(=O)(=O)c1ccc(F)cc1. The van der Waals surface area contributed by atoms with Crippen molar-refractivity contribution in [1.82, 2.24) is 9.62 Å². The van der Waals surface area contributed by atoms with Gasteiger partial charge in [0.1, 0.15) is 11.6 Å². The van der Waals surface area contributed by atoms with Gasteiger partial charge in [-0.25, -0.2) is 12.8 Å². The van der Waals surface area contributed by atoms with Crippen LogP contribution in [0.2, 0.25) is 0 Å². The number of amides is 2. The van der Waals surface area contributed by atoms with Crippen LogP contribution in [0.15, 0.2) is 83.8 Å². The van der Waals surface area contributed by atoms with Crippen molar-refractivity contribution in [3.05, 3.63) is 90.2 Å². The van der Waals surface area contributed by atoms with Crippen LogP contribution >= 0.6 is 0 Å². The molecule has 1 atom stereocenters. The Kier molecular flexibility index (Phi) is 7.66. The highest BCUT2D eigenvalue weighted by atomic mass is 32.2. The largest absolute Gasteiger partial charge is 0.477 e. The zero-order chi connectivity index (χ0) is 25.7. The summed E-state index contributed by atoms with van der Waals surface area (Å²) >= 11 is 0. The maximum Gasteiger partial charge on any atom is 0.263 e. The fourth-order valence-electron chi connectivity index (χ4n) is 3.86. The predicted octanol–water partition coefficient (Wildman–Crippen LogP) is 2.95. The van der Waals surface area contributed by atoms with Crippen molar-refractivity contribution in [1.29, 1.82) is 0 Å². The average molecular weight is 512 g/mol. The Bertz CT molecular complexity index is 1330. The summed E-state index contributed by atoms with van der Waals surface area (Å²) in [6, 6.07) is 20.6. The zero-order valence-electron chi connectivity index (χ0n) is 19.6. The molecule has 1 heterocycles. The van der Waals surface area contributed by atoms with E-state index >= 15 is 0 Å². The molecule has 0 fully saturated rings. The lowest BCUT2D eigenvalue weighted by molar-refractivity contribution is -0.128. The third-order valence-corrected chi connectivity index (χ3v) is 7.73. The number of ether oxygens (including phenoxy) is 1. The second-order valence-corrected chi connectivity index (χ2v) is 10.1. The number of carbonyl (C=O) groups excluding carboxylic acids is 2. The summed E-state index contributed by atoms with van der Waals surface area (Å²) in [6.45, 7) is 1.40. The quantitative estimate of drug-likeness (QED) is 0.502. The van der Waals surface area contributed by atoms with Gasteiger partial charge in [0.25, 0.3) is 5.91 Å². The average Bonchev–Trinajstić information content (AvgIpc) is 2.90. The van der Waals surface area contributed by atoms with Crippen LogP contribution in [0.5, 0.6) is 5.75 Å². The summed E-state index contributed by atoms with van der Waals surface area (Å²) < 4.78 is 46.3. The fraction of sp³-hybridized carbons (Fsp3) is 0.231. The van der Waals surface area contributed by atoms with E-state index < -0.39 is 40.3 Å². The molecule has 1 aliphatic heterocycles. The maximum atomic E-state index is 13.4. The van der Waals surface area contributed by atoms with Gasteiger partial charge in [0.2, 0.25) is 15.9 Å². The number of likely N-dealkylation sites (N-methyl/N-ethyl adjacent to an activating group) is 1. The van der Waals surface area contributed by atoms with Crippen molar-refractivity contribution in [2.24, 2.45) is 0 Å². The van der Waals surface area contributed by atoms with Gasteiger partial charge in [-0.2, -0.15) is 4.31 Å². The summed E-state index contributed by atoms with van der Waals surface area (Å²) in [5.41, 5.74) is 1.37. The lowest BCUT2D eigenvalue weighted by Crippen LogP contribution is -2.53. The summed E-state index contributed by atoms with van der Waals surface area (Å²) in [6.07, 6.45) is -0.976. The van der Waals surface area contributed by atoms with Gasteiger partial charge >= 0.3 is 0 Å². The van der Waals surface area contributed by atoms with Gasteiger partial charge in [-0.3, -0.25) is 9.59 Å². The molecule has 1 N–H and O–H groups in total. The number of benzene rings is 3. The van der Waals surface area contributed by atoms with Gasteiger partial charge in [-0.05, 0) is 42.0 Å². The summed E-state index contributed by atoms with van der Waals surface area (Å²) in [5.74, 6) is -1.12. The molecule has 1 aliphatic rings. The van der Waals surface area contributed by atoms with E-state index in [1.165, 1.54) is 4.90 Å². The molecule has 10 heteroatoms. The molecule has 8 nitrogen and oxygen atoms in total. The topological polar surface area (TPSA) is 96.0 Å². The van der Waals surface area contributed by atoms with Gasteiger partial charge in [-0.15, -0.1) is 0 Å². The number of sulfonamides is 1. The van der Waals surface area contributed by atoms with Crippen LogP contribution in [0.1, 0.15) is 12.5 Å². The zero-order valence-corrected chi connectivity index (χ0v) is 20.4. The molecule has 0 spiro atoms. The lowest BCUT2D eigenvalue weighted by Gasteiger charge is -2.35. The highest BCUT2D eigenvalue weighted by Crippen LogP contribution is 2.33. The first-order valence-electron chi connectivity index (χ1n) is 11.4. The molecular weight excluding hydrogens is 485 g/mol. The number of halogens is 1. The molecule has 3 aromatic rings. The first-order chi connectivity index (χ1) is 17.3. The summed E-state index contributed by atoms with van der Waals surface area (Å²) in [5, 5.41) is 2.82. The number of hydrogen-bond donors (Lipinski definition) is 1. The van der Waals surface area contributed by atoms with Gasteiger partial charge < -0.3 is 15.0 Å². The van der Waals surface area contributed by atoms with Crippen molar-refractivity contribution in [2.45, 2.75) is 24.5 Å². The first kappa shape index (κ1) is 25.3. The van der Waals surface area contributed by atoms with E-state index in [2.05, 4.69) is 5.32 Å². The number of nitrogens with zero attached hydrogens (tertiary/aromatic N) is 2. The molecule has 0 unspecified atom stereocenters. The Hall–Kier alpha value is -3.76. The number of rotatable bonds is 8. The summed E-state index contributed by atoms with van der Waals surface area (Å²) in [4.78, 5) is 27.5. The van der Waals surface area contributed by atoms with Crippen LogP contribution in [0.3, 0.4) is 0 Å². The van der Waals surface area contributed by atoms with Crippen LogP contribution in [0.25, 0.3) is 0 Å². The van der Waals surface area contributed by atoms with E-state index in [9.17, 15) is 22.4 Å². The van der Waals surface area contributed by atoms with E-state index in [1.54, 1.807) is 31.2 Å². The second-order valence-electron chi connectivity index (χ2n) is 8.17. The Labute approximate surface area is 209 Å². The van der Waals surface area contributed by atoms with Crippen molar-refractivity contribution in [3.63, 3.8) is 0 Å². The first-order valence-corrected chi connectivity index (χ1v) is 12.9. The predicted molar refractivity (Wildman–Crippen MR) is 132 cm³/mol. The normalized spacial score (nSPS) is 15.2. The molecule has 4 rings (SSSR count). The van der Waals surface area contributed by atoms with Crippen molar-refractivity contribution >= 4 is 27.5 Å². The van der Waals surface area contributed by atoms with E-state index in [1.807, 2.05) is 30.3 Å². The number of carbonyl (C=O) groups is 2. The monoisotopic (exact) mass is 511 g/mol. The number of nitrogens with one attached hydrogen (secondary N) is 1. The fourth-order valence-corrected chi connectivity index (χ4v) is 5.26. The van der Waals surface area contributed by atoms with Crippen LogP contribution in [0, 0.1) is 5.82 Å². The number of para-hydroxylation sites is 2. The number of hydrogen-bond acceptors (Lipinski definition) is 5. The molecule has 0 aromatic heterocycles. The highest BCUT2D eigenvalue weighted by Gasteiger charge is 2.35. The highest BCUT2D eigenvalue weighted by molar-refractivity contribution is 7.89. The Balaban J connectivity index is 1.52. The second kappa shape index (κ2) is 10.9. The molecule has 3 aromatic carbocycles. The summed E-state index contributed by atoms with van der Waals surface area (Å²) in [7, 11) is -4.04. The molecular formula is C26H26FN3O5S. The van der Waals surface area contributed by atoms with Gasteiger partial charge in [0, 0.05) is 13.1 Å². The smallest absolute Gasteiger partial charge is 0.263 e. The third kappa shape index (κ3) is 5.55. The van der Waals surface area contributed by atoms with Crippen molar-refractivity contribution in [3.8, 4) is 5.75 Å². The Morgan fingerprint density at radius 1 is 1.03 bits per heavy atom. The molecule has 0 aliphatic carbocycles. The number of anilines is 1. The molecule has 0 saturated heterocycles. The molecule has 0 bridgehead atoms. The Morgan fingerprint density at radius 3 is 2.39 bits per heavy atom. The molecule has 0 saturated carbocycles. The Morgan fingerprint density at radius 2 is 1.69 bits per heavy atom. The minimum absolute atomic E-state index is 0.0262. The van der Waals surface area contributed by atoms with Crippen LogP contribution in [0.4, 0.5) is 10.1 Å². The standard InChI is InChI=1S/C26H26FN3O5S/c1-2-29(36(33,34)21-14-12-20(27)13-15-21)18-25(31)30-17-24(35-23-11-7-6-10-22(23)30)26(32)28-16-19-8-4-3-5-9-19/h3-15,24H,2,16-18H2,1H3,(H,28,32)/t24-/m1/s1. The third-order valence-electron chi connectivity index (χ3n) is 5.79. The lowest BCUT2D eigenvalue weighted by atomic mass is 10.1. The van der Waals surface area contributed by atoms with Crippen LogP contribution in [-0.2, 0) is 26.2 Å². The van der Waals surface area contributed by atoms with Crippen molar-refractivity contribution < 1.29 is 27.1 Å². The van der Waals surface area contributed by atoms with Gasteiger partial charge in [0.05, 0.1) is 23.7 Å². The molecule has 188 valence electrons. The van der Waals surface area contributed by atoms with Gasteiger partial charge in [0.15, 0.2) is 6.10 Å². The van der Waals surface area contributed by atoms with Gasteiger partial charge in [-0.1, -0.05) is 49.4 Å². The molecule has 2 amide bonds. The minimum atomic E-state index is -4.04. The van der Waals surface area contributed by atoms with Crippen LogP contribution < -0.4 is 15.0 Å². The number of fused-ring (bicyclic) bond motifs is 1. The van der Waals surface area contributed by atoms with Crippen LogP contribution in [-0.4, -0.2) is 50.3 Å². The molecule has 0 radical (unpaired) electrons.